The quantitative estimate of drug-likeness (QED) is 0.893. The average Bonchev–Trinajstić information content (AvgIpc) is 2.39. The number of anilines is 1. The number of aryl methyl sites for hydroxylation is 3. The third kappa shape index (κ3) is 3.34. The lowest BCUT2D eigenvalue weighted by atomic mass is 10.00. The summed E-state index contributed by atoms with van der Waals surface area (Å²) in [5, 5.41) is 12.8. The maximum absolute atomic E-state index is 8.87. The predicted molar refractivity (Wildman–Crippen MR) is 86.7 cm³/mol. The van der Waals surface area contributed by atoms with Gasteiger partial charge in [0.15, 0.2) is 0 Å². The first-order valence-electron chi connectivity index (χ1n) is 6.83. The monoisotopic (exact) mass is 299 g/mol. The normalized spacial score (nSPS) is 11.8. The Morgan fingerprint density at radius 2 is 1.95 bits per heavy atom. The van der Waals surface area contributed by atoms with Gasteiger partial charge in [0.05, 0.1) is 28.4 Å². The Bertz CT molecular complexity index is 693. The molecule has 0 spiro atoms. The first-order valence-corrected chi connectivity index (χ1v) is 7.21. The number of aromatic nitrogens is 1. The molecule has 0 bridgehead atoms. The van der Waals surface area contributed by atoms with E-state index in [0.717, 1.165) is 17.1 Å². The Hall–Kier alpha value is -2.05. The Kier molecular flexibility index (Phi) is 4.50. The fourth-order valence-corrected chi connectivity index (χ4v) is 2.93. The number of rotatable bonds is 3. The zero-order chi connectivity index (χ0) is 15.6. The topological polar surface area (TPSA) is 48.7 Å². The van der Waals surface area contributed by atoms with E-state index in [9.17, 15) is 0 Å². The second-order valence-corrected chi connectivity index (χ2v) is 5.66. The Morgan fingerprint density at radius 3 is 2.52 bits per heavy atom. The molecule has 0 saturated heterocycles. The van der Waals surface area contributed by atoms with Crippen LogP contribution in [0.1, 0.15) is 41.0 Å². The molecule has 21 heavy (non-hydrogen) atoms. The third-order valence-corrected chi connectivity index (χ3v) is 3.80. The Morgan fingerprint density at radius 1 is 1.24 bits per heavy atom. The van der Waals surface area contributed by atoms with E-state index in [1.54, 1.807) is 12.1 Å². The first kappa shape index (κ1) is 15.3. The van der Waals surface area contributed by atoms with E-state index in [-0.39, 0.29) is 6.04 Å². The number of pyridine rings is 1. The number of nitrogens with one attached hydrogen (secondary N) is 1. The summed E-state index contributed by atoms with van der Waals surface area (Å²) in [7, 11) is 0. The summed E-state index contributed by atoms with van der Waals surface area (Å²) < 4.78 is 0. The number of hydrogen-bond donors (Lipinski definition) is 1. The van der Waals surface area contributed by atoms with Gasteiger partial charge >= 0.3 is 0 Å². The molecule has 0 radical (unpaired) electrons. The van der Waals surface area contributed by atoms with Crippen LogP contribution in [0.25, 0.3) is 0 Å². The van der Waals surface area contributed by atoms with Gasteiger partial charge in [0.25, 0.3) is 0 Å². The molecule has 0 aliphatic carbocycles. The van der Waals surface area contributed by atoms with Crippen LogP contribution >= 0.6 is 11.6 Å². The van der Waals surface area contributed by atoms with Crippen LogP contribution in [0.15, 0.2) is 24.3 Å². The molecule has 1 atom stereocenters. The van der Waals surface area contributed by atoms with Crippen LogP contribution in [-0.2, 0) is 0 Å². The summed E-state index contributed by atoms with van der Waals surface area (Å²) in [5.41, 5.74) is 5.82. The minimum atomic E-state index is 0.0866. The van der Waals surface area contributed by atoms with Crippen molar-refractivity contribution < 1.29 is 0 Å². The van der Waals surface area contributed by atoms with Crippen LogP contribution in [0.4, 0.5) is 5.69 Å². The molecule has 1 aromatic heterocycles. The van der Waals surface area contributed by atoms with Crippen molar-refractivity contribution in [3.05, 3.63) is 57.4 Å². The average molecular weight is 300 g/mol. The predicted octanol–water partition coefficient (Wildman–Crippen LogP) is 4.71. The molecule has 3 nitrogen and oxygen atoms in total. The van der Waals surface area contributed by atoms with E-state index in [4.69, 9.17) is 16.9 Å². The molecule has 0 fully saturated rings. The van der Waals surface area contributed by atoms with E-state index in [1.165, 1.54) is 11.1 Å². The highest BCUT2D eigenvalue weighted by molar-refractivity contribution is 6.33. The van der Waals surface area contributed by atoms with Crippen molar-refractivity contribution in [1.29, 1.82) is 5.26 Å². The van der Waals surface area contributed by atoms with Crippen molar-refractivity contribution in [2.75, 3.05) is 5.32 Å². The van der Waals surface area contributed by atoms with Gasteiger partial charge in [0.2, 0.25) is 0 Å². The smallest absolute Gasteiger partial charge is 0.0992 e. The SMILES string of the molecule is Cc1cc(C)c(C(C)Nc2ccc(C#N)cc2Cl)c(C)n1. The second-order valence-electron chi connectivity index (χ2n) is 5.25. The molecular weight excluding hydrogens is 282 g/mol. The lowest BCUT2D eigenvalue weighted by molar-refractivity contribution is 0.843. The fourth-order valence-electron chi connectivity index (χ4n) is 2.70. The summed E-state index contributed by atoms with van der Waals surface area (Å²) in [5.74, 6) is 0. The van der Waals surface area contributed by atoms with Crippen LogP contribution < -0.4 is 5.32 Å². The maximum atomic E-state index is 8.87. The van der Waals surface area contributed by atoms with Crippen LogP contribution in [-0.4, -0.2) is 4.98 Å². The van der Waals surface area contributed by atoms with Gasteiger partial charge in [-0.3, -0.25) is 4.98 Å². The van der Waals surface area contributed by atoms with Gasteiger partial charge in [-0.05, 0) is 63.1 Å². The van der Waals surface area contributed by atoms with E-state index in [0.29, 0.717) is 10.6 Å². The van der Waals surface area contributed by atoms with Crippen molar-refractivity contribution in [3.8, 4) is 6.07 Å². The zero-order valence-corrected chi connectivity index (χ0v) is 13.4. The molecule has 2 rings (SSSR count). The molecule has 4 heteroatoms. The molecule has 0 amide bonds. The van der Waals surface area contributed by atoms with Crippen molar-refractivity contribution in [1.82, 2.24) is 4.98 Å². The van der Waals surface area contributed by atoms with Crippen LogP contribution in [0.2, 0.25) is 5.02 Å². The summed E-state index contributed by atoms with van der Waals surface area (Å²) in [6.07, 6.45) is 0. The minimum Gasteiger partial charge on any atom is -0.377 e. The standard InChI is InChI=1S/C17H18ClN3/c1-10-7-11(2)20-12(3)17(10)13(4)21-16-6-5-14(9-19)8-15(16)18/h5-8,13,21H,1-4H3. The largest absolute Gasteiger partial charge is 0.377 e. The van der Waals surface area contributed by atoms with Crippen LogP contribution in [0, 0.1) is 32.1 Å². The molecule has 1 unspecified atom stereocenters. The van der Waals surface area contributed by atoms with E-state index < -0.39 is 0 Å². The number of nitriles is 1. The fraction of sp³-hybridized carbons (Fsp3) is 0.294. The first-order chi connectivity index (χ1) is 9.92. The van der Waals surface area contributed by atoms with Crippen molar-refractivity contribution in [3.63, 3.8) is 0 Å². The molecule has 108 valence electrons. The van der Waals surface area contributed by atoms with Crippen molar-refractivity contribution >= 4 is 17.3 Å². The molecule has 0 aliphatic rings. The Balaban J connectivity index is 2.31. The number of halogens is 1. The van der Waals surface area contributed by atoms with E-state index >= 15 is 0 Å². The van der Waals surface area contributed by atoms with Gasteiger partial charge in [0, 0.05) is 11.4 Å². The summed E-state index contributed by atoms with van der Waals surface area (Å²) >= 11 is 6.22. The van der Waals surface area contributed by atoms with Gasteiger partial charge in [-0.2, -0.15) is 5.26 Å². The van der Waals surface area contributed by atoms with Crippen LogP contribution in [0.5, 0.6) is 0 Å². The minimum absolute atomic E-state index is 0.0866. The van der Waals surface area contributed by atoms with Gasteiger partial charge in [-0.1, -0.05) is 11.6 Å². The number of hydrogen-bond acceptors (Lipinski definition) is 3. The molecule has 2 aromatic rings. The lowest BCUT2D eigenvalue weighted by Gasteiger charge is -2.21. The number of nitrogens with zero attached hydrogens (tertiary/aromatic N) is 2. The van der Waals surface area contributed by atoms with Crippen LogP contribution in [0.3, 0.4) is 0 Å². The molecule has 1 aromatic carbocycles. The molecule has 1 N–H and O–H groups in total. The van der Waals surface area contributed by atoms with Gasteiger partial charge in [-0.25, -0.2) is 0 Å². The molecular formula is C17H18ClN3. The maximum Gasteiger partial charge on any atom is 0.0992 e. The van der Waals surface area contributed by atoms with Crippen molar-refractivity contribution in [2.24, 2.45) is 0 Å². The summed E-state index contributed by atoms with van der Waals surface area (Å²) in [4.78, 5) is 4.53. The number of benzene rings is 1. The lowest BCUT2D eigenvalue weighted by Crippen LogP contribution is -2.12. The third-order valence-electron chi connectivity index (χ3n) is 3.49. The summed E-state index contributed by atoms with van der Waals surface area (Å²) in [6, 6.07) is 9.52. The van der Waals surface area contributed by atoms with E-state index in [1.807, 2.05) is 19.9 Å². The Labute approximate surface area is 130 Å². The molecule has 0 aliphatic heterocycles. The van der Waals surface area contributed by atoms with Crippen molar-refractivity contribution in [2.45, 2.75) is 33.7 Å². The highest BCUT2D eigenvalue weighted by atomic mass is 35.5. The highest BCUT2D eigenvalue weighted by Gasteiger charge is 2.14. The van der Waals surface area contributed by atoms with Gasteiger partial charge in [-0.15, -0.1) is 0 Å². The molecule has 1 heterocycles. The van der Waals surface area contributed by atoms with Gasteiger partial charge in [0.1, 0.15) is 0 Å². The van der Waals surface area contributed by atoms with Gasteiger partial charge < -0.3 is 5.32 Å². The molecule has 0 saturated carbocycles. The zero-order valence-electron chi connectivity index (χ0n) is 12.7. The second kappa shape index (κ2) is 6.15. The highest BCUT2D eigenvalue weighted by Crippen LogP contribution is 2.29. The summed E-state index contributed by atoms with van der Waals surface area (Å²) in [6.45, 7) is 8.20. The van der Waals surface area contributed by atoms with E-state index in [2.05, 4.69) is 36.3 Å².